The van der Waals surface area contributed by atoms with Crippen LogP contribution >= 0.6 is 23.2 Å². The standard InChI is InChI=1S/C17H17Cl2N/c1-13(11-15-6-2-3-8-17(15)19)20-10-9-14-5-4-7-16(18)12-14/h2-8,10,12-13H,9,11H2,1H3/t13-/m1/s1. The highest BCUT2D eigenvalue weighted by Crippen LogP contribution is 2.17. The summed E-state index contributed by atoms with van der Waals surface area (Å²) in [4.78, 5) is 4.56. The molecule has 0 aliphatic heterocycles. The van der Waals surface area contributed by atoms with Gasteiger partial charge in [-0.1, -0.05) is 53.5 Å². The fourth-order valence-corrected chi connectivity index (χ4v) is 2.46. The summed E-state index contributed by atoms with van der Waals surface area (Å²) in [7, 11) is 0. The van der Waals surface area contributed by atoms with Gasteiger partial charge in [-0.05, 0) is 42.7 Å². The molecule has 20 heavy (non-hydrogen) atoms. The number of benzene rings is 2. The number of hydrogen-bond acceptors (Lipinski definition) is 1. The summed E-state index contributed by atoms with van der Waals surface area (Å²) in [6.07, 6.45) is 3.60. The molecule has 0 amide bonds. The van der Waals surface area contributed by atoms with Crippen LogP contribution in [-0.4, -0.2) is 12.3 Å². The van der Waals surface area contributed by atoms with Crippen molar-refractivity contribution in [2.24, 2.45) is 4.99 Å². The van der Waals surface area contributed by atoms with Gasteiger partial charge in [0.15, 0.2) is 0 Å². The first kappa shape index (κ1) is 15.1. The van der Waals surface area contributed by atoms with Crippen molar-refractivity contribution in [2.75, 3.05) is 0 Å². The van der Waals surface area contributed by atoms with E-state index in [2.05, 4.69) is 18.0 Å². The molecular formula is C17H17Cl2N. The van der Waals surface area contributed by atoms with Crippen LogP contribution in [-0.2, 0) is 12.8 Å². The molecule has 0 radical (unpaired) electrons. The zero-order valence-corrected chi connectivity index (χ0v) is 12.9. The molecule has 1 atom stereocenters. The molecular weight excluding hydrogens is 289 g/mol. The topological polar surface area (TPSA) is 12.4 Å². The Balaban J connectivity index is 1.90. The van der Waals surface area contributed by atoms with Crippen LogP contribution in [0.3, 0.4) is 0 Å². The maximum Gasteiger partial charge on any atom is 0.0508 e. The van der Waals surface area contributed by atoms with Gasteiger partial charge in [0.1, 0.15) is 0 Å². The average Bonchev–Trinajstić information content (AvgIpc) is 2.41. The normalized spacial score (nSPS) is 12.8. The molecule has 0 N–H and O–H groups in total. The molecule has 0 saturated heterocycles. The van der Waals surface area contributed by atoms with E-state index < -0.39 is 0 Å². The molecule has 104 valence electrons. The molecule has 2 aromatic rings. The van der Waals surface area contributed by atoms with Gasteiger partial charge in [0.25, 0.3) is 0 Å². The Kier molecular flexibility index (Phi) is 5.63. The first-order chi connectivity index (χ1) is 9.65. The zero-order chi connectivity index (χ0) is 14.4. The molecule has 3 heteroatoms. The van der Waals surface area contributed by atoms with Crippen molar-refractivity contribution in [3.63, 3.8) is 0 Å². The van der Waals surface area contributed by atoms with E-state index in [4.69, 9.17) is 23.2 Å². The van der Waals surface area contributed by atoms with Crippen LogP contribution in [0.1, 0.15) is 18.1 Å². The Hall–Kier alpha value is -1.31. The third-order valence-electron chi connectivity index (χ3n) is 3.05. The van der Waals surface area contributed by atoms with E-state index in [0.29, 0.717) is 0 Å². The summed E-state index contributed by atoms with van der Waals surface area (Å²) in [5, 5.41) is 1.57. The predicted octanol–water partition coefficient (Wildman–Crippen LogP) is 5.24. The molecule has 2 rings (SSSR count). The second-order valence-corrected chi connectivity index (χ2v) is 5.65. The quantitative estimate of drug-likeness (QED) is 0.670. The summed E-state index contributed by atoms with van der Waals surface area (Å²) < 4.78 is 0. The first-order valence-electron chi connectivity index (χ1n) is 6.64. The summed E-state index contributed by atoms with van der Waals surface area (Å²) >= 11 is 12.1. The van der Waals surface area contributed by atoms with Crippen molar-refractivity contribution in [3.8, 4) is 0 Å². The highest BCUT2D eigenvalue weighted by Gasteiger charge is 2.04. The Labute approximate surface area is 130 Å². The zero-order valence-electron chi connectivity index (χ0n) is 11.4. The van der Waals surface area contributed by atoms with Gasteiger partial charge < -0.3 is 0 Å². The van der Waals surface area contributed by atoms with Gasteiger partial charge in [-0.2, -0.15) is 0 Å². The van der Waals surface area contributed by atoms with E-state index in [1.165, 1.54) is 5.56 Å². The van der Waals surface area contributed by atoms with E-state index in [1.54, 1.807) is 0 Å². The minimum Gasteiger partial charge on any atom is -0.294 e. The van der Waals surface area contributed by atoms with Crippen molar-refractivity contribution in [1.29, 1.82) is 0 Å². The lowest BCUT2D eigenvalue weighted by molar-refractivity contribution is 0.742. The van der Waals surface area contributed by atoms with Gasteiger partial charge in [0.05, 0.1) is 6.04 Å². The van der Waals surface area contributed by atoms with Gasteiger partial charge in [0, 0.05) is 22.7 Å². The second-order valence-electron chi connectivity index (χ2n) is 4.81. The minimum absolute atomic E-state index is 0.217. The molecule has 0 spiro atoms. The SMILES string of the molecule is C[C@H](Cc1ccccc1Cl)N=CCc1cccc(Cl)c1. The van der Waals surface area contributed by atoms with Crippen LogP contribution in [0.4, 0.5) is 0 Å². The molecule has 0 aromatic heterocycles. The highest BCUT2D eigenvalue weighted by atomic mass is 35.5. The van der Waals surface area contributed by atoms with Crippen molar-refractivity contribution >= 4 is 29.4 Å². The van der Waals surface area contributed by atoms with Crippen LogP contribution in [0.2, 0.25) is 10.0 Å². The Morgan fingerprint density at radius 3 is 2.65 bits per heavy atom. The van der Waals surface area contributed by atoms with Gasteiger partial charge >= 0.3 is 0 Å². The Bertz CT molecular complexity index is 593. The number of hydrogen-bond donors (Lipinski definition) is 0. The molecule has 0 fully saturated rings. The Morgan fingerprint density at radius 1 is 1.10 bits per heavy atom. The minimum atomic E-state index is 0.217. The maximum atomic E-state index is 6.15. The van der Waals surface area contributed by atoms with E-state index in [0.717, 1.165) is 28.5 Å². The smallest absolute Gasteiger partial charge is 0.0508 e. The van der Waals surface area contributed by atoms with Crippen LogP contribution < -0.4 is 0 Å². The van der Waals surface area contributed by atoms with E-state index in [9.17, 15) is 0 Å². The first-order valence-corrected chi connectivity index (χ1v) is 7.40. The Morgan fingerprint density at radius 2 is 1.90 bits per heavy atom. The molecule has 1 nitrogen and oxygen atoms in total. The molecule has 0 heterocycles. The average molecular weight is 306 g/mol. The van der Waals surface area contributed by atoms with Crippen LogP contribution in [0.5, 0.6) is 0 Å². The van der Waals surface area contributed by atoms with Crippen molar-refractivity contribution < 1.29 is 0 Å². The monoisotopic (exact) mass is 305 g/mol. The highest BCUT2D eigenvalue weighted by molar-refractivity contribution is 6.31. The molecule has 0 saturated carbocycles. The van der Waals surface area contributed by atoms with Gasteiger partial charge in [-0.25, -0.2) is 0 Å². The largest absolute Gasteiger partial charge is 0.294 e. The summed E-state index contributed by atoms with van der Waals surface area (Å²) in [5.74, 6) is 0. The van der Waals surface area contributed by atoms with Crippen molar-refractivity contribution in [1.82, 2.24) is 0 Å². The molecule has 2 aromatic carbocycles. The van der Waals surface area contributed by atoms with Gasteiger partial charge in [-0.15, -0.1) is 0 Å². The summed E-state index contributed by atoms with van der Waals surface area (Å²) in [6.45, 7) is 2.10. The molecule has 0 bridgehead atoms. The number of halogens is 2. The molecule has 0 aliphatic carbocycles. The van der Waals surface area contributed by atoms with Crippen molar-refractivity contribution in [3.05, 3.63) is 69.7 Å². The maximum absolute atomic E-state index is 6.15. The lowest BCUT2D eigenvalue weighted by Gasteiger charge is -2.08. The lowest BCUT2D eigenvalue weighted by Crippen LogP contribution is -2.04. The summed E-state index contributed by atoms with van der Waals surface area (Å²) in [5.41, 5.74) is 2.31. The van der Waals surface area contributed by atoms with E-state index in [1.807, 2.05) is 48.7 Å². The molecule has 0 unspecified atom stereocenters. The van der Waals surface area contributed by atoms with Crippen LogP contribution in [0.15, 0.2) is 53.5 Å². The number of nitrogens with zero attached hydrogens (tertiary/aromatic N) is 1. The van der Waals surface area contributed by atoms with E-state index >= 15 is 0 Å². The number of rotatable bonds is 5. The van der Waals surface area contributed by atoms with E-state index in [-0.39, 0.29) is 6.04 Å². The van der Waals surface area contributed by atoms with Gasteiger partial charge in [0.2, 0.25) is 0 Å². The lowest BCUT2D eigenvalue weighted by atomic mass is 10.1. The third kappa shape index (κ3) is 4.66. The summed E-state index contributed by atoms with van der Waals surface area (Å²) in [6, 6.07) is 16.0. The van der Waals surface area contributed by atoms with Gasteiger partial charge in [-0.3, -0.25) is 4.99 Å². The second kappa shape index (κ2) is 7.47. The molecule has 0 aliphatic rings. The van der Waals surface area contributed by atoms with Crippen LogP contribution in [0.25, 0.3) is 0 Å². The predicted molar refractivity (Wildman–Crippen MR) is 88.3 cm³/mol. The fourth-order valence-electron chi connectivity index (χ4n) is 2.04. The van der Waals surface area contributed by atoms with Crippen LogP contribution in [0, 0.1) is 0 Å². The number of aliphatic imine (C=N–C) groups is 1. The fraction of sp³-hybridized carbons (Fsp3) is 0.235. The third-order valence-corrected chi connectivity index (χ3v) is 3.65. The van der Waals surface area contributed by atoms with Crippen molar-refractivity contribution in [2.45, 2.75) is 25.8 Å².